The van der Waals surface area contributed by atoms with E-state index in [4.69, 9.17) is 9.52 Å². The minimum atomic E-state index is -3.73. The molecule has 16 heavy (non-hydrogen) atoms. The van der Waals surface area contributed by atoms with E-state index >= 15 is 0 Å². The molecule has 7 heteroatoms. The van der Waals surface area contributed by atoms with Gasteiger partial charge in [-0.25, -0.2) is 8.42 Å². The molecule has 2 heterocycles. The van der Waals surface area contributed by atoms with Crippen molar-refractivity contribution in [2.75, 3.05) is 6.54 Å². The Labute approximate surface area is 92.5 Å². The second-order valence-electron chi connectivity index (χ2n) is 3.57. The van der Waals surface area contributed by atoms with Crippen LogP contribution in [0.25, 0.3) is 0 Å². The van der Waals surface area contributed by atoms with Gasteiger partial charge in [-0.2, -0.15) is 4.31 Å². The quantitative estimate of drug-likeness (QED) is 0.838. The Balaban J connectivity index is 2.34. The zero-order valence-electron chi connectivity index (χ0n) is 8.37. The van der Waals surface area contributed by atoms with E-state index in [0.29, 0.717) is 12.8 Å². The molecule has 6 nitrogen and oxygen atoms in total. The molecule has 0 amide bonds. The molecule has 1 N–H and O–H groups in total. The lowest BCUT2D eigenvalue weighted by Gasteiger charge is -2.19. The van der Waals surface area contributed by atoms with E-state index in [9.17, 15) is 13.2 Å². The fourth-order valence-electron chi connectivity index (χ4n) is 1.81. The van der Waals surface area contributed by atoms with Crippen molar-refractivity contribution in [1.29, 1.82) is 0 Å². The van der Waals surface area contributed by atoms with Crippen molar-refractivity contribution in [3.8, 4) is 0 Å². The molecule has 0 radical (unpaired) electrons. The Morgan fingerprint density at radius 2 is 2.31 bits per heavy atom. The van der Waals surface area contributed by atoms with Crippen molar-refractivity contribution in [1.82, 2.24) is 4.31 Å². The molecule has 0 bridgehead atoms. The first kappa shape index (κ1) is 11.2. The third kappa shape index (κ3) is 1.72. The minimum absolute atomic E-state index is 0.000602. The van der Waals surface area contributed by atoms with E-state index in [1.54, 1.807) is 0 Å². The van der Waals surface area contributed by atoms with E-state index < -0.39 is 22.0 Å². The van der Waals surface area contributed by atoms with Gasteiger partial charge in [0.25, 0.3) is 0 Å². The molecule has 0 unspecified atom stereocenters. The van der Waals surface area contributed by atoms with Crippen LogP contribution in [0.15, 0.2) is 27.9 Å². The van der Waals surface area contributed by atoms with E-state index in [-0.39, 0.29) is 11.4 Å². The van der Waals surface area contributed by atoms with Crippen LogP contribution in [0.4, 0.5) is 0 Å². The predicted octanol–water partition coefficient (Wildman–Crippen LogP) is 0.517. The summed E-state index contributed by atoms with van der Waals surface area (Å²) in [6.07, 6.45) is 3.27. The zero-order valence-corrected chi connectivity index (χ0v) is 9.18. The van der Waals surface area contributed by atoms with Gasteiger partial charge in [0.15, 0.2) is 0 Å². The third-order valence-corrected chi connectivity index (χ3v) is 4.47. The summed E-state index contributed by atoms with van der Waals surface area (Å²) >= 11 is 0. The Morgan fingerprint density at radius 1 is 1.56 bits per heavy atom. The van der Waals surface area contributed by atoms with Crippen LogP contribution in [0.1, 0.15) is 12.8 Å². The van der Waals surface area contributed by atoms with Crippen LogP contribution in [0.5, 0.6) is 0 Å². The molecular formula is C9H11NO5S. The average Bonchev–Trinajstić information content (AvgIpc) is 2.89. The Hall–Kier alpha value is -1.34. The molecular weight excluding hydrogens is 234 g/mol. The van der Waals surface area contributed by atoms with Crippen LogP contribution in [0.2, 0.25) is 0 Å². The molecule has 1 saturated heterocycles. The summed E-state index contributed by atoms with van der Waals surface area (Å²) in [6.45, 7) is 0.241. The highest BCUT2D eigenvalue weighted by molar-refractivity contribution is 7.89. The van der Waals surface area contributed by atoms with Crippen molar-refractivity contribution in [3.05, 3.63) is 18.6 Å². The maximum Gasteiger partial charge on any atom is 0.322 e. The molecule has 1 atom stereocenters. The number of sulfonamides is 1. The largest absolute Gasteiger partial charge is 0.480 e. The molecule has 1 aliphatic rings. The highest BCUT2D eigenvalue weighted by atomic mass is 32.2. The van der Waals surface area contributed by atoms with Gasteiger partial charge in [-0.05, 0) is 18.9 Å². The lowest BCUT2D eigenvalue weighted by Crippen LogP contribution is -2.40. The van der Waals surface area contributed by atoms with Crippen LogP contribution in [-0.2, 0) is 14.8 Å². The summed E-state index contributed by atoms with van der Waals surface area (Å²) in [5.74, 6) is -1.11. The monoisotopic (exact) mass is 245 g/mol. The molecule has 0 spiro atoms. The zero-order chi connectivity index (χ0) is 11.8. The molecule has 1 fully saturated rings. The second kappa shape index (κ2) is 3.91. The molecule has 1 aromatic heterocycles. The van der Waals surface area contributed by atoms with Crippen molar-refractivity contribution in [3.63, 3.8) is 0 Å². The smallest absolute Gasteiger partial charge is 0.322 e. The summed E-state index contributed by atoms with van der Waals surface area (Å²) < 4.78 is 29.7. The summed E-state index contributed by atoms with van der Waals surface area (Å²) in [6, 6.07) is 0.354. The van der Waals surface area contributed by atoms with Gasteiger partial charge >= 0.3 is 5.97 Å². The van der Waals surface area contributed by atoms with Crippen molar-refractivity contribution in [2.24, 2.45) is 0 Å². The van der Waals surface area contributed by atoms with Crippen LogP contribution >= 0.6 is 0 Å². The fraction of sp³-hybridized carbons (Fsp3) is 0.444. The Bertz CT molecular complexity index is 478. The van der Waals surface area contributed by atoms with Crippen LogP contribution in [0, 0.1) is 0 Å². The Kier molecular flexibility index (Phi) is 2.73. The first-order valence-corrected chi connectivity index (χ1v) is 6.24. The SMILES string of the molecule is O=C(O)[C@H]1CCCN1S(=O)(=O)c1ccoc1. The summed E-state index contributed by atoms with van der Waals surface area (Å²) in [5.41, 5.74) is 0. The number of carboxylic acids is 1. The maximum absolute atomic E-state index is 12.0. The Morgan fingerprint density at radius 3 is 2.88 bits per heavy atom. The average molecular weight is 245 g/mol. The van der Waals surface area contributed by atoms with Crippen LogP contribution in [-0.4, -0.2) is 36.4 Å². The molecule has 2 rings (SSSR count). The summed E-state index contributed by atoms with van der Waals surface area (Å²) in [7, 11) is -3.73. The number of nitrogens with zero attached hydrogens (tertiary/aromatic N) is 1. The molecule has 1 aromatic rings. The van der Waals surface area contributed by atoms with E-state index in [1.165, 1.54) is 12.3 Å². The minimum Gasteiger partial charge on any atom is -0.480 e. The number of aliphatic carboxylic acids is 1. The lowest BCUT2D eigenvalue weighted by molar-refractivity contribution is -0.140. The van der Waals surface area contributed by atoms with Crippen molar-refractivity contribution in [2.45, 2.75) is 23.8 Å². The van der Waals surface area contributed by atoms with Crippen molar-refractivity contribution < 1.29 is 22.7 Å². The lowest BCUT2D eigenvalue weighted by atomic mass is 10.2. The standard InChI is InChI=1S/C9H11NO5S/c11-9(12)8-2-1-4-10(8)16(13,14)7-3-5-15-6-7/h3,5-6,8H,1-2,4H2,(H,11,12)/t8-/m1/s1. The van der Waals surface area contributed by atoms with E-state index in [2.05, 4.69) is 0 Å². The van der Waals surface area contributed by atoms with Gasteiger partial charge in [-0.3, -0.25) is 4.79 Å². The first-order chi connectivity index (χ1) is 7.53. The topological polar surface area (TPSA) is 87.8 Å². The molecule has 88 valence electrons. The second-order valence-corrected chi connectivity index (χ2v) is 5.46. The van der Waals surface area contributed by atoms with E-state index in [1.807, 2.05) is 0 Å². The van der Waals surface area contributed by atoms with E-state index in [0.717, 1.165) is 10.6 Å². The fourth-order valence-corrected chi connectivity index (χ4v) is 3.38. The first-order valence-electron chi connectivity index (χ1n) is 4.80. The number of carbonyl (C=O) groups is 1. The summed E-state index contributed by atoms with van der Waals surface area (Å²) in [5, 5.41) is 8.91. The molecule has 0 saturated carbocycles. The van der Waals surface area contributed by atoms with Crippen LogP contribution < -0.4 is 0 Å². The highest BCUT2D eigenvalue weighted by Crippen LogP contribution is 2.26. The van der Waals surface area contributed by atoms with Gasteiger partial charge in [0.1, 0.15) is 17.2 Å². The van der Waals surface area contributed by atoms with Gasteiger partial charge in [0.2, 0.25) is 10.0 Å². The van der Waals surface area contributed by atoms with Crippen molar-refractivity contribution >= 4 is 16.0 Å². The van der Waals surface area contributed by atoms with Gasteiger partial charge in [-0.15, -0.1) is 0 Å². The van der Waals surface area contributed by atoms with Gasteiger partial charge in [-0.1, -0.05) is 0 Å². The number of hydrogen-bond donors (Lipinski definition) is 1. The number of hydrogen-bond acceptors (Lipinski definition) is 4. The summed E-state index contributed by atoms with van der Waals surface area (Å²) in [4.78, 5) is 10.9. The maximum atomic E-state index is 12.0. The van der Waals surface area contributed by atoms with Gasteiger partial charge in [0, 0.05) is 6.54 Å². The number of carboxylic acid groups (broad SMARTS) is 1. The van der Waals surface area contributed by atoms with Gasteiger partial charge in [0.05, 0.1) is 6.26 Å². The van der Waals surface area contributed by atoms with Crippen LogP contribution in [0.3, 0.4) is 0 Å². The normalized spacial score (nSPS) is 22.4. The highest BCUT2D eigenvalue weighted by Gasteiger charge is 2.39. The van der Waals surface area contributed by atoms with Gasteiger partial charge < -0.3 is 9.52 Å². The molecule has 0 aliphatic carbocycles. The number of rotatable bonds is 3. The number of furan rings is 1. The molecule has 0 aromatic carbocycles. The molecule has 1 aliphatic heterocycles. The predicted molar refractivity (Wildman–Crippen MR) is 53.3 cm³/mol. The third-order valence-electron chi connectivity index (χ3n) is 2.59.